The van der Waals surface area contributed by atoms with Gasteiger partial charge in [-0.2, -0.15) is 0 Å². The second kappa shape index (κ2) is 7.13. The molecule has 1 amide bonds. The van der Waals surface area contributed by atoms with Crippen LogP contribution in [0.4, 0.5) is 8.78 Å². The quantitative estimate of drug-likeness (QED) is 0.592. The number of carbonyl (C=O) groups is 1. The van der Waals surface area contributed by atoms with Gasteiger partial charge in [0.1, 0.15) is 0 Å². The number of nitrogens with zero attached hydrogens (tertiary/aromatic N) is 3. The zero-order valence-corrected chi connectivity index (χ0v) is 16.2. The van der Waals surface area contributed by atoms with Gasteiger partial charge in [0.15, 0.2) is 17.1 Å². The number of rotatable bonds is 4. The number of carbonyl (C=O) groups excluding carboxylic acids is 1. The summed E-state index contributed by atoms with van der Waals surface area (Å²) in [5.41, 5.74) is -0.149. The maximum absolute atomic E-state index is 13.4. The zero-order chi connectivity index (χ0) is 21.8. The lowest BCUT2D eigenvalue weighted by Crippen LogP contribution is -2.34. The largest absolute Gasteiger partial charge is 0.586 e. The van der Waals surface area contributed by atoms with Crippen molar-refractivity contribution in [2.45, 2.75) is 18.8 Å². The Labute approximate surface area is 173 Å². The third-order valence-corrected chi connectivity index (χ3v) is 5.37. The number of benzene rings is 1. The van der Waals surface area contributed by atoms with Crippen molar-refractivity contribution in [2.24, 2.45) is 0 Å². The van der Waals surface area contributed by atoms with Crippen molar-refractivity contribution in [3.8, 4) is 11.5 Å². The van der Waals surface area contributed by atoms with E-state index in [1.807, 2.05) is 4.90 Å². The van der Waals surface area contributed by atoms with Crippen molar-refractivity contribution in [1.29, 1.82) is 0 Å². The van der Waals surface area contributed by atoms with Crippen molar-refractivity contribution >= 4 is 22.5 Å². The molecule has 1 unspecified atom stereocenters. The number of fused-ring (bicyclic) bond motifs is 3. The third kappa shape index (κ3) is 3.55. The van der Waals surface area contributed by atoms with Gasteiger partial charge < -0.3 is 19.9 Å². The predicted molar refractivity (Wildman–Crippen MR) is 105 cm³/mol. The van der Waals surface area contributed by atoms with E-state index in [-0.39, 0.29) is 39.7 Å². The van der Waals surface area contributed by atoms with Crippen LogP contribution in [0, 0.1) is 0 Å². The van der Waals surface area contributed by atoms with Gasteiger partial charge in [-0.25, -0.2) is 4.98 Å². The first kappa shape index (κ1) is 19.6. The molecule has 0 aliphatic carbocycles. The van der Waals surface area contributed by atoms with Gasteiger partial charge in [-0.05, 0) is 24.6 Å². The summed E-state index contributed by atoms with van der Waals surface area (Å²) in [7, 11) is 0. The van der Waals surface area contributed by atoms with E-state index in [1.54, 1.807) is 0 Å². The molecule has 0 saturated carbocycles. The summed E-state index contributed by atoms with van der Waals surface area (Å²) < 4.78 is 36.8. The number of aliphatic hydroxyl groups excluding tert-OH is 1. The fraction of sp³-hybridized carbons (Fsp3) is 0.350. The minimum Gasteiger partial charge on any atom is -0.395 e. The van der Waals surface area contributed by atoms with Crippen LogP contribution in [0.25, 0.3) is 16.6 Å². The first-order valence-corrected chi connectivity index (χ1v) is 9.74. The Kier molecular flexibility index (Phi) is 4.52. The minimum atomic E-state index is -3.81. The number of likely N-dealkylation sites (tertiary alicyclic amines) is 1. The highest BCUT2D eigenvalue weighted by atomic mass is 19.3. The number of β-amino-alcohol motifs (C(OH)–C–C–N with tert-alkyl or cyclic N) is 1. The van der Waals surface area contributed by atoms with Crippen LogP contribution in [0.3, 0.4) is 0 Å². The van der Waals surface area contributed by atoms with Crippen molar-refractivity contribution in [3.05, 3.63) is 46.4 Å². The molecule has 3 aromatic rings. The molecule has 31 heavy (non-hydrogen) atoms. The Bertz CT molecular complexity index is 1260. The molecule has 0 bridgehead atoms. The Morgan fingerprint density at radius 2 is 2.10 bits per heavy atom. The van der Waals surface area contributed by atoms with Crippen molar-refractivity contribution < 1.29 is 28.2 Å². The lowest BCUT2D eigenvalue weighted by Gasteiger charge is -2.15. The van der Waals surface area contributed by atoms with E-state index in [4.69, 9.17) is 0 Å². The standard InChI is InChI=1S/C20H18F2N4O5/c21-20(22)30-15-8-13-14(9-16(15)31-20)24-17-12(2-1-5-26(17)19(13)29)18(28)23-4-7-25-6-3-11(27)10-25/h1-2,5,8-9,11,27H,3-4,6-7,10H2,(H,23,28). The molecule has 1 saturated heterocycles. The Morgan fingerprint density at radius 1 is 1.32 bits per heavy atom. The molecular weight excluding hydrogens is 414 g/mol. The summed E-state index contributed by atoms with van der Waals surface area (Å²) in [6.45, 7) is 2.28. The molecular formula is C20H18F2N4O5. The first-order chi connectivity index (χ1) is 14.8. The molecule has 9 nitrogen and oxygen atoms in total. The summed E-state index contributed by atoms with van der Waals surface area (Å²) in [5, 5.41) is 12.4. The van der Waals surface area contributed by atoms with Crippen LogP contribution >= 0.6 is 0 Å². The molecule has 4 heterocycles. The summed E-state index contributed by atoms with van der Waals surface area (Å²) >= 11 is 0. The molecule has 2 N–H and O–H groups in total. The summed E-state index contributed by atoms with van der Waals surface area (Å²) in [5.74, 6) is -0.905. The molecule has 2 aliphatic heterocycles. The number of halogens is 2. The number of hydrogen-bond acceptors (Lipinski definition) is 7. The third-order valence-electron chi connectivity index (χ3n) is 5.37. The number of hydrogen-bond donors (Lipinski definition) is 2. The van der Waals surface area contributed by atoms with E-state index >= 15 is 0 Å². The number of aromatic nitrogens is 2. The summed E-state index contributed by atoms with van der Waals surface area (Å²) in [6.07, 6.45) is -1.99. The van der Waals surface area contributed by atoms with Crippen LogP contribution in [0.2, 0.25) is 0 Å². The number of ether oxygens (including phenoxy) is 2. The SMILES string of the molecule is O=C(NCCN1CCC(O)C1)c1cccn2c(=O)c3cc4c(cc3nc12)OC(F)(F)O4. The number of nitrogens with one attached hydrogen (secondary N) is 1. The molecule has 0 radical (unpaired) electrons. The van der Waals surface area contributed by atoms with Crippen molar-refractivity contribution in [3.63, 3.8) is 0 Å². The van der Waals surface area contributed by atoms with Gasteiger partial charge in [-0.15, -0.1) is 8.78 Å². The second-order valence-electron chi connectivity index (χ2n) is 7.52. The van der Waals surface area contributed by atoms with Crippen molar-refractivity contribution in [1.82, 2.24) is 19.6 Å². The monoisotopic (exact) mass is 432 g/mol. The van der Waals surface area contributed by atoms with Crippen LogP contribution in [-0.2, 0) is 0 Å². The summed E-state index contributed by atoms with van der Waals surface area (Å²) in [6, 6.07) is 5.42. The predicted octanol–water partition coefficient (Wildman–Crippen LogP) is 0.966. The van der Waals surface area contributed by atoms with E-state index in [0.29, 0.717) is 26.1 Å². The molecule has 1 aromatic carbocycles. The molecule has 1 fully saturated rings. The topological polar surface area (TPSA) is 105 Å². The molecule has 0 spiro atoms. The lowest BCUT2D eigenvalue weighted by molar-refractivity contribution is -0.286. The van der Waals surface area contributed by atoms with E-state index in [0.717, 1.165) is 12.6 Å². The average Bonchev–Trinajstić information content (AvgIpc) is 3.26. The van der Waals surface area contributed by atoms with E-state index in [2.05, 4.69) is 19.8 Å². The summed E-state index contributed by atoms with van der Waals surface area (Å²) in [4.78, 5) is 32.1. The van der Waals surface area contributed by atoms with Gasteiger partial charge in [0.25, 0.3) is 11.5 Å². The number of aliphatic hydroxyl groups is 1. The lowest BCUT2D eigenvalue weighted by atomic mass is 10.2. The van der Waals surface area contributed by atoms with Crippen LogP contribution in [0.5, 0.6) is 11.5 Å². The number of pyridine rings is 1. The van der Waals surface area contributed by atoms with Crippen LogP contribution in [0.1, 0.15) is 16.8 Å². The second-order valence-corrected chi connectivity index (χ2v) is 7.52. The fourth-order valence-electron chi connectivity index (χ4n) is 3.89. The van der Waals surface area contributed by atoms with E-state index < -0.39 is 17.8 Å². The normalized spacial score (nSPS) is 19.9. The maximum atomic E-state index is 13.4. The first-order valence-electron chi connectivity index (χ1n) is 9.74. The molecule has 1 atom stereocenters. The van der Waals surface area contributed by atoms with Crippen LogP contribution in [-0.4, -0.2) is 63.9 Å². The highest BCUT2D eigenvalue weighted by Gasteiger charge is 2.43. The van der Waals surface area contributed by atoms with E-state index in [1.165, 1.54) is 28.8 Å². The average molecular weight is 432 g/mol. The smallest absolute Gasteiger partial charge is 0.395 e. The van der Waals surface area contributed by atoms with Gasteiger partial charge in [0, 0.05) is 38.4 Å². The molecule has 2 aliphatic rings. The maximum Gasteiger partial charge on any atom is 0.586 e. The molecule has 5 rings (SSSR count). The van der Waals surface area contributed by atoms with E-state index in [9.17, 15) is 23.5 Å². The van der Waals surface area contributed by atoms with Gasteiger partial charge in [-0.1, -0.05) is 0 Å². The molecule has 11 heteroatoms. The van der Waals surface area contributed by atoms with Gasteiger partial charge in [-0.3, -0.25) is 18.9 Å². The molecule has 162 valence electrons. The highest BCUT2D eigenvalue weighted by Crippen LogP contribution is 2.42. The van der Waals surface area contributed by atoms with Gasteiger partial charge in [0.2, 0.25) is 0 Å². The van der Waals surface area contributed by atoms with Gasteiger partial charge in [0.05, 0.1) is 22.6 Å². The minimum absolute atomic E-state index is 0.0581. The Hall–Kier alpha value is -3.31. The highest BCUT2D eigenvalue weighted by molar-refractivity contribution is 6.00. The molecule has 2 aromatic heterocycles. The van der Waals surface area contributed by atoms with Crippen LogP contribution in [0.15, 0.2) is 35.3 Å². The number of amides is 1. The Morgan fingerprint density at radius 3 is 2.84 bits per heavy atom. The van der Waals surface area contributed by atoms with Crippen molar-refractivity contribution in [2.75, 3.05) is 26.2 Å². The van der Waals surface area contributed by atoms with Crippen LogP contribution < -0.4 is 20.3 Å². The number of alkyl halides is 2. The van der Waals surface area contributed by atoms with Gasteiger partial charge >= 0.3 is 6.29 Å². The fourth-order valence-corrected chi connectivity index (χ4v) is 3.89. The zero-order valence-electron chi connectivity index (χ0n) is 16.2. The Balaban J connectivity index is 1.47.